The second-order valence-corrected chi connectivity index (χ2v) is 5.91. The van der Waals surface area contributed by atoms with E-state index in [1.807, 2.05) is 7.05 Å². The monoisotopic (exact) mass is 297 g/mol. The summed E-state index contributed by atoms with van der Waals surface area (Å²) < 4.78 is 4.12. The standard InChI is InChI=1S/C17H19N3S/c1-3-15-17(21-20-19-15)16(18-2)11-13-9-6-8-12-7-4-5-10-14(12)13/h4-10,16,18H,3,11H2,1-2H3. The van der Waals surface area contributed by atoms with Crippen molar-refractivity contribution in [2.75, 3.05) is 7.05 Å². The van der Waals surface area contributed by atoms with E-state index in [0.29, 0.717) is 0 Å². The summed E-state index contributed by atoms with van der Waals surface area (Å²) in [7, 11) is 2.01. The average molecular weight is 297 g/mol. The van der Waals surface area contributed by atoms with Crippen LogP contribution in [0.4, 0.5) is 0 Å². The first-order valence-electron chi connectivity index (χ1n) is 7.28. The number of benzene rings is 2. The van der Waals surface area contributed by atoms with Gasteiger partial charge in [-0.05, 0) is 47.8 Å². The van der Waals surface area contributed by atoms with Gasteiger partial charge in [0, 0.05) is 6.04 Å². The number of hydrogen-bond acceptors (Lipinski definition) is 4. The third kappa shape index (κ3) is 2.82. The Morgan fingerprint density at radius 1 is 1.14 bits per heavy atom. The molecule has 21 heavy (non-hydrogen) atoms. The summed E-state index contributed by atoms with van der Waals surface area (Å²) in [6.07, 6.45) is 1.88. The quantitative estimate of drug-likeness (QED) is 0.779. The van der Waals surface area contributed by atoms with Crippen molar-refractivity contribution in [2.24, 2.45) is 0 Å². The van der Waals surface area contributed by atoms with Gasteiger partial charge in [-0.1, -0.05) is 53.9 Å². The van der Waals surface area contributed by atoms with E-state index in [4.69, 9.17) is 0 Å². The number of aromatic nitrogens is 2. The third-order valence-corrected chi connectivity index (χ3v) is 4.77. The molecular weight excluding hydrogens is 278 g/mol. The topological polar surface area (TPSA) is 37.8 Å². The van der Waals surface area contributed by atoms with Gasteiger partial charge in [-0.25, -0.2) is 0 Å². The second-order valence-electron chi connectivity index (χ2n) is 5.12. The summed E-state index contributed by atoms with van der Waals surface area (Å²) in [5, 5.41) is 10.3. The molecule has 0 saturated carbocycles. The first-order chi connectivity index (χ1) is 10.3. The van der Waals surface area contributed by atoms with Crippen molar-refractivity contribution in [3.8, 4) is 0 Å². The summed E-state index contributed by atoms with van der Waals surface area (Å²) in [5.41, 5.74) is 2.47. The van der Waals surface area contributed by atoms with Gasteiger partial charge in [0.1, 0.15) is 0 Å². The van der Waals surface area contributed by atoms with E-state index >= 15 is 0 Å². The summed E-state index contributed by atoms with van der Waals surface area (Å²) in [6.45, 7) is 2.13. The molecule has 3 nitrogen and oxygen atoms in total. The summed E-state index contributed by atoms with van der Waals surface area (Å²) in [6, 6.07) is 15.3. The van der Waals surface area contributed by atoms with Crippen molar-refractivity contribution >= 4 is 22.3 Å². The van der Waals surface area contributed by atoms with Crippen molar-refractivity contribution in [3.05, 3.63) is 58.6 Å². The van der Waals surface area contributed by atoms with Gasteiger partial charge in [-0.2, -0.15) is 0 Å². The maximum atomic E-state index is 4.24. The van der Waals surface area contributed by atoms with Crippen LogP contribution >= 0.6 is 11.5 Å². The molecule has 0 bridgehead atoms. The highest BCUT2D eigenvalue weighted by atomic mass is 32.1. The van der Waals surface area contributed by atoms with E-state index in [2.05, 4.69) is 64.3 Å². The van der Waals surface area contributed by atoms with Crippen molar-refractivity contribution in [2.45, 2.75) is 25.8 Å². The zero-order valence-electron chi connectivity index (χ0n) is 12.3. The zero-order valence-corrected chi connectivity index (χ0v) is 13.2. The van der Waals surface area contributed by atoms with Crippen LogP contribution in [-0.2, 0) is 12.8 Å². The lowest BCUT2D eigenvalue weighted by Gasteiger charge is -2.16. The van der Waals surface area contributed by atoms with Gasteiger partial charge < -0.3 is 5.32 Å². The molecule has 2 aromatic carbocycles. The lowest BCUT2D eigenvalue weighted by atomic mass is 9.97. The molecular formula is C17H19N3S. The van der Waals surface area contributed by atoms with Gasteiger partial charge in [-0.15, -0.1) is 5.10 Å². The fraction of sp³-hybridized carbons (Fsp3) is 0.294. The van der Waals surface area contributed by atoms with Crippen LogP contribution in [0.1, 0.15) is 29.1 Å². The summed E-state index contributed by atoms with van der Waals surface area (Å²) in [4.78, 5) is 1.26. The van der Waals surface area contributed by atoms with Gasteiger partial charge in [0.15, 0.2) is 0 Å². The molecule has 0 radical (unpaired) electrons. The molecule has 1 aromatic heterocycles. The molecule has 3 rings (SSSR count). The minimum absolute atomic E-state index is 0.269. The number of aryl methyl sites for hydroxylation is 1. The van der Waals surface area contributed by atoms with Crippen LogP contribution in [0.25, 0.3) is 10.8 Å². The van der Waals surface area contributed by atoms with E-state index in [1.54, 1.807) is 0 Å². The van der Waals surface area contributed by atoms with E-state index in [-0.39, 0.29) is 6.04 Å². The predicted octanol–water partition coefficient (Wildman–Crippen LogP) is 3.76. The SMILES string of the molecule is CCc1nnsc1C(Cc1cccc2ccccc12)NC. The normalized spacial score (nSPS) is 12.7. The fourth-order valence-electron chi connectivity index (χ4n) is 2.74. The van der Waals surface area contributed by atoms with Gasteiger partial charge >= 0.3 is 0 Å². The number of nitrogens with one attached hydrogen (secondary N) is 1. The Bertz CT molecular complexity index is 730. The Balaban J connectivity index is 1.96. The van der Waals surface area contributed by atoms with E-state index in [1.165, 1.54) is 32.7 Å². The molecule has 108 valence electrons. The summed E-state index contributed by atoms with van der Waals surface area (Å²) in [5.74, 6) is 0. The van der Waals surface area contributed by atoms with Crippen molar-refractivity contribution in [1.29, 1.82) is 0 Å². The highest BCUT2D eigenvalue weighted by Crippen LogP contribution is 2.27. The Morgan fingerprint density at radius 2 is 1.95 bits per heavy atom. The van der Waals surface area contributed by atoms with Crippen LogP contribution in [0.2, 0.25) is 0 Å². The Morgan fingerprint density at radius 3 is 2.76 bits per heavy atom. The smallest absolute Gasteiger partial charge is 0.0801 e. The minimum atomic E-state index is 0.269. The fourth-order valence-corrected chi connectivity index (χ4v) is 3.59. The van der Waals surface area contributed by atoms with Gasteiger partial charge in [0.05, 0.1) is 10.6 Å². The molecule has 0 saturated heterocycles. The lowest BCUT2D eigenvalue weighted by molar-refractivity contribution is 0.597. The zero-order chi connectivity index (χ0) is 14.7. The first kappa shape index (κ1) is 14.2. The number of hydrogen-bond donors (Lipinski definition) is 1. The lowest BCUT2D eigenvalue weighted by Crippen LogP contribution is -2.19. The van der Waals surface area contributed by atoms with Gasteiger partial charge in [0.2, 0.25) is 0 Å². The van der Waals surface area contributed by atoms with Crippen LogP contribution in [-0.4, -0.2) is 16.6 Å². The molecule has 3 aromatic rings. The average Bonchev–Trinajstić information content (AvgIpc) is 3.01. The minimum Gasteiger partial charge on any atom is -0.312 e. The van der Waals surface area contributed by atoms with E-state index in [9.17, 15) is 0 Å². The van der Waals surface area contributed by atoms with E-state index in [0.717, 1.165) is 18.5 Å². The third-order valence-electron chi connectivity index (χ3n) is 3.89. The predicted molar refractivity (Wildman–Crippen MR) is 88.7 cm³/mol. The molecule has 0 aliphatic heterocycles. The van der Waals surface area contributed by atoms with E-state index < -0.39 is 0 Å². The molecule has 0 amide bonds. The largest absolute Gasteiger partial charge is 0.312 e. The van der Waals surface area contributed by atoms with Crippen LogP contribution < -0.4 is 5.32 Å². The number of fused-ring (bicyclic) bond motifs is 1. The molecule has 1 atom stereocenters. The van der Waals surface area contributed by atoms with Crippen LogP contribution in [0.3, 0.4) is 0 Å². The molecule has 0 spiro atoms. The maximum absolute atomic E-state index is 4.24. The van der Waals surface area contributed by atoms with Crippen molar-refractivity contribution in [1.82, 2.24) is 14.9 Å². The Hall–Kier alpha value is -1.78. The Labute approximate surface area is 129 Å². The molecule has 0 fully saturated rings. The first-order valence-corrected chi connectivity index (χ1v) is 8.05. The molecule has 1 heterocycles. The summed E-state index contributed by atoms with van der Waals surface area (Å²) >= 11 is 1.51. The highest BCUT2D eigenvalue weighted by Gasteiger charge is 2.18. The van der Waals surface area contributed by atoms with Crippen molar-refractivity contribution in [3.63, 3.8) is 0 Å². The van der Waals surface area contributed by atoms with Crippen LogP contribution in [0, 0.1) is 0 Å². The van der Waals surface area contributed by atoms with Crippen LogP contribution in [0.5, 0.6) is 0 Å². The maximum Gasteiger partial charge on any atom is 0.0801 e. The van der Waals surface area contributed by atoms with Gasteiger partial charge in [0.25, 0.3) is 0 Å². The number of likely N-dealkylation sites (N-methyl/N-ethyl adjacent to an activating group) is 1. The molecule has 1 unspecified atom stereocenters. The molecule has 0 aliphatic carbocycles. The van der Waals surface area contributed by atoms with Crippen molar-refractivity contribution < 1.29 is 0 Å². The molecule has 4 heteroatoms. The number of rotatable bonds is 5. The molecule has 1 N–H and O–H groups in total. The highest BCUT2D eigenvalue weighted by molar-refractivity contribution is 7.05. The Kier molecular flexibility index (Phi) is 4.27. The second kappa shape index (κ2) is 6.33. The number of nitrogens with zero attached hydrogens (tertiary/aromatic N) is 2. The van der Waals surface area contributed by atoms with Crippen LogP contribution in [0.15, 0.2) is 42.5 Å². The van der Waals surface area contributed by atoms with Gasteiger partial charge in [-0.3, -0.25) is 0 Å². The molecule has 0 aliphatic rings.